The molecular formula is C31H23Cl3N2O5. The molecule has 0 spiro atoms. The maximum Gasteiger partial charge on any atom is 0.298 e. The Morgan fingerprint density at radius 2 is 1.83 bits per heavy atom. The second-order valence-corrected chi connectivity index (χ2v) is 11.4. The first kappa shape index (κ1) is 27.5. The maximum atomic E-state index is 10.9. The van der Waals surface area contributed by atoms with Gasteiger partial charge < -0.3 is 18.7 Å². The van der Waals surface area contributed by atoms with Crippen molar-refractivity contribution in [3.63, 3.8) is 0 Å². The molecule has 7 nitrogen and oxygen atoms in total. The summed E-state index contributed by atoms with van der Waals surface area (Å²) in [5.74, 6) is 2.39. The van der Waals surface area contributed by atoms with Crippen LogP contribution < -0.4 is 14.2 Å². The molecule has 2 fully saturated rings. The molecule has 0 radical (unpaired) electrons. The third-order valence-corrected chi connectivity index (χ3v) is 8.63. The summed E-state index contributed by atoms with van der Waals surface area (Å²) < 4.78 is 22.5. The summed E-state index contributed by atoms with van der Waals surface area (Å²) in [6.45, 7) is 0.541. The molecular weight excluding hydrogens is 587 g/mol. The van der Waals surface area contributed by atoms with Gasteiger partial charge in [-0.25, -0.2) is 0 Å². The Morgan fingerprint density at radius 1 is 1.07 bits per heavy atom. The van der Waals surface area contributed by atoms with Crippen molar-refractivity contribution >= 4 is 41.3 Å². The highest BCUT2D eigenvalue weighted by Crippen LogP contribution is 2.63. The molecule has 2 saturated carbocycles. The number of carbonyl (C=O) groups is 1. The number of methoxy groups -OCH3 is 1. The van der Waals surface area contributed by atoms with Gasteiger partial charge in [0, 0.05) is 28.0 Å². The second-order valence-electron chi connectivity index (χ2n) is 10.1. The van der Waals surface area contributed by atoms with Gasteiger partial charge in [0.2, 0.25) is 0 Å². The Morgan fingerprint density at radius 3 is 2.49 bits per heavy atom. The monoisotopic (exact) mass is 608 g/mol. The molecule has 2 aliphatic rings. The first-order valence-electron chi connectivity index (χ1n) is 12.9. The zero-order chi connectivity index (χ0) is 28.7. The fourth-order valence-corrected chi connectivity index (χ4v) is 6.30. The van der Waals surface area contributed by atoms with E-state index < -0.39 is 5.41 Å². The van der Waals surface area contributed by atoms with Gasteiger partial charge in [0.05, 0.1) is 34.2 Å². The Bertz CT molecular complexity index is 1670. The highest BCUT2D eigenvalue weighted by Gasteiger charge is 2.58. The lowest BCUT2D eigenvalue weighted by molar-refractivity contribution is -0.120. The van der Waals surface area contributed by atoms with Crippen LogP contribution in [0.25, 0.3) is 11.3 Å². The smallest absolute Gasteiger partial charge is 0.298 e. The summed E-state index contributed by atoms with van der Waals surface area (Å²) >= 11 is 19.7. The number of ether oxygens (including phenoxy) is 3. The number of hydrogen-bond acceptors (Lipinski definition) is 7. The summed E-state index contributed by atoms with van der Waals surface area (Å²) in [6, 6.07) is 18.2. The molecule has 0 saturated heterocycles. The van der Waals surface area contributed by atoms with E-state index in [1.165, 1.54) is 0 Å². The van der Waals surface area contributed by atoms with Crippen LogP contribution in [0, 0.1) is 11.3 Å². The van der Waals surface area contributed by atoms with E-state index in [0.29, 0.717) is 62.0 Å². The van der Waals surface area contributed by atoms with Gasteiger partial charge in [-0.2, -0.15) is 5.26 Å². The summed E-state index contributed by atoms with van der Waals surface area (Å²) in [6.07, 6.45) is 2.58. The number of halogens is 3. The first-order chi connectivity index (χ1) is 19.9. The quantitative estimate of drug-likeness (QED) is 0.167. The van der Waals surface area contributed by atoms with Crippen molar-refractivity contribution in [1.82, 2.24) is 5.16 Å². The van der Waals surface area contributed by atoms with Gasteiger partial charge in [-0.15, -0.1) is 0 Å². The molecule has 0 aliphatic heterocycles. The fourth-order valence-electron chi connectivity index (χ4n) is 5.38. The van der Waals surface area contributed by atoms with Crippen molar-refractivity contribution in [1.29, 1.82) is 5.26 Å². The fraction of sp³-hybridized carbons (Fsp3) is 0.258. The van der Waals surface area contributed by atoms with Gasteiger partial charge >= 0.3 is 0 Å². The summed E-state index contributed by atoms with van der Waals surface area (Å²) in [5.41, 5.74) is 2.56. The van der Waals surface area contributed by atoms with E-state index in [1.54, 1.807) is 55.6 Å². The van der Waals surface area contributed by atoms with Crippen LogP contribution in [0.2, 0.25) is 15.1 Å². The lowest BCUT2D eigenvalue weighted by Crippen LogP contribution is -2.09. The van der Waals surface area contributed by atoms with Crippen molar-refractivity contribution < 1.29 is 23.5 Å². The minimum atomic E-state index is -0.857. The molecule has 2 unspecified atom stereocenters. The van der Waals surface area contributed by atoms with Crippen molar-refractivity contribution in [3.8, 4) is 34.6 Å². The molecule has 6 rings (SSSR count). The number of aromatic nitrogens is 1. The molecule has 10 heteroatoms. The van der Waals surface area contributed by atoms with E-state index in [1.807, 2.05) is 6.07 Å². The van der Waals surface area contributed by atoms with Crippen LogP contribution in [0.4, 0.5) is 0 Å². The molecule has 2 aliphatic carbocycles. The van der Waals surface area contributed by atoms with Gasteiger partial charge in [-0.05, 0) is 67.3 Å². The number of carbonyl (C=O) groups excluding carboxylic acids is 1. The van der Waals surface area contributed by atoms with Gasteiger partial charge in [-0.1, -0.05) is 52.1 Å². The van der Waals surface area contributed by atoms with Gasteiger partial charge in [0.25, 0.3) is 6.47 Å². The maximum absolute atomic E-state index is 10.9. The summed E-state index contributed by atoms with van der Waals surface area (Å²) in [5, 5.41) is 15.9. The number of rotatable bonds is 10. The Labute approximate surface area is 251 Å². The third kappa shape index (κ3) is 5.01. The molecule has 0 N–H and O–H groups in total. The number of nitrogens with zero attached hydrogens (tertiary/aromatic N) is 2. The molecule has 3 aromatic carbocycles. The van der Waals surface area contributed by atoms with Crippen LogP contribution in [0.1, 0.15) is 53.5 Å². The average Bonchev–Trinajstić information content (AvgIpc) is 3.89. The molecule has 1 heterocycles. The molecule has 4 aromatic rings. The average molecular weight is 610 g/mol. The number of benzene rings is 3. The standard InChI is InChI=1S/C31H23Cl3N2O5/c1-38-27-10-8-18(40-16-37)11-20(27)23-13-31(23,15-35)22-9-7-19(12-26(22)34)39-14-21-29(36-41-30(21)17-5-6-17)28-24(32)3-2-4-25(28)33/h2-4,7-12,16-17,23H,5-6,13-14H2,1H3. The molecule has 1 aromatic heterocycles. The van der Waals surface area contributed by atoms with E-state index in [9.17, 15) is 10.1 Å². The van der Waals surface area contributed by atoms with Crippen LogP contribution in [-0.4, -0.2) is 18.7 Å². The number of nitriles is 1. The summed E-state index contributed by atoms with van der Waals surface area (Å²) in [4.78, 5) is 10.9. The minimum absolute atomic E-state index is 0.175. The van der Waals surface area contributed by atoms with Crippen molar-refractivity contribution in [3.05, 3.63) is 92.1 Å². The Hall–Kier alpha value is -3.70. The van der Waals surface area contributed by atoms with E-state index >= 15 is 0 Å². The van der Waals surface area contributed by atoms with Gasteiger partial charge in [0.15, 0.2) is 0 Å². The van der Waals surface area contributed by atoms with Crippen LogP contribution in [0.5, 0.6) is 17.2 Å². The van der Waals surface area contributed by atoms with Crippen LogP contribution in [0.15, 0.2) is 59.1 Å². The molecule has 2 atom stereocenters. The highest BCUT2D eigenvalue weighted by atomic mass is 35.5. The van der Waals surface area contributed by atoms with E-state index in [2.05, 4.69) is 11.2 Å². The topological polar surface area (TPSA) is 94.6 Å². The van der Waals surface area contributed by atoms with E-state index in [-0.39, 0.29) is 18.4 Å². The highest BCUT2D eigenvalue weighted by molar-refractivity contribution is 6.39. The predicted molar refractivity (Wildman–Crippen MR) is 154 cm³/mol. The van der Waals surface area contributed by atoms with E-state index in [4.69, 9.17) is 53.5 Å². The zero-order valence-electron chi connectivity index (χ0n) is 21.8. The van der Waals surface area contributed by atoms with Crippen LogP contribution >= 0.6 is 34.8 Å². The van der Waals surface area contributed by atoms with Crippen molar-refractivity contribution in [2.75, 3.05) is 7.11 Å². The largest absolute Gasteiger partial charge is 0.496 e. The zero-order valence-corrected chi connectivity index (χ0v) is 24.1. The van der Waals surface area contributed by atoms with Crippen LogP contribution in [0.3, 0.4) is 0 Å². The number of hydrogen-bond donors (Lipinski definition) is 0. The van der Waals surface area contributed by atoms with Gasteiger partial charge in [0.1, 0.15) is 35.3 Å². The molecule has 41 heavy (non-hydrogen) atoms. The van der Waals surface area contributed by atoms with E-state index in [0.717, 1.165) is 29.7 Å². The predicted octanol–water partition coefficient (Wildman–Crippen LogP) is 8.25. The SMILES string of the molecule is COc1ccc(OC=O)cc1C1CC1(C#N)c1ccc(OCc2c(-c3c(Cl)cccc3Cl)noc2C2CC2)cc1Cl. The normalized spacial score (nSPS) is 19.3. The van der Waals surface area contributed by atoms with Gasteiger partial charge in [-0.3, -0.25) is 4.79 Å². The Balaban J connectivity index is 1.26. The minimum Gasteiger partial charge on any atom is -0.496 e. The molecule has 0 bridgehead atoms. The lowest BCUT2D eigenvalue weighted by atomic mass is 9.91. The first-order valence-corrected chi connectivity index (χ1v) is 14.1. The lowest BCUT2D eigenvalue weighted by Gasteiger charge is -2.16. The molecule has 208 valence electrons. The molecule has 0 amide bonds. The van der Waals surface area contributed by atoms with Crippen molar-refractivity contribution in [2.24, 2.45) is 0 Å². The van der Waals surface area contributed by atoms with Crippen LogP contribution in [-0.2, 0) is 16.8 Å². The third-order valence-electron chi connectivity index (χ3n) is 7.69. The summed E-state index contributed by atoms with van der Waals surface area (Å²) in [7, 11) is 1.56. The Kier molecular flexibility index (Phi) is 7.33. The second kappa shape index (κ2) is 10.9. The van der Waals surface area contributed by atoms with Crippen molar-refractivity contribution in [2.45, 2.75) is 43.1 Å².